The molecular formula is C7H8BrN3. The van der Waals surface area contributed by atoms with Crippen LogP contribution in [0.4, 0.5) is 0 Å². The van der Waals surface area contributed by atoms with Crippen LogP contribution in [-0.4, -0.2) is 17.9 Å². The zero-order valence-electron chi connectivity index (χ0n) is 6.08. The van der Waals surface area contributed by atoms with Gasteiger partial charge in [0.15, 0.2) is 0 Å². The predicted octanol–water partition coefficient (Wildman–Crippen LogP) is 1.18. The van der Waals surface area contributed by atoms with E-state index in [-0.39, 0.29) is 0 Å². The molecule has 1 rings (SSSR count). The van der Waals surface area contributed by atoms with Gasteiger partial charge in [-0.3, -0.25) is 9.98 Å². The molecule has 58 valence electrons. The molecular weight excluding hydrogens is 206 g/mol. The third-order valence-corrected chi connectivity index (χ3v) is 1.88. The van der Waals surface area contributed by atoms with Crippen molar-refractivity contribution in [2.24, 2.45) is 10.7 Å². The Kier molecular flexibility index (Phi) is 2.59. The van der Waals surface area contributed by atoms with Gasteiger partial charge in [-0.05, 0) is 28.1 Å². The summed E-state index contributed by atoms with van der Waals surface area (Å²) in [5.74, 6) is 0.442. The van der Waals surface area contributed by atoms with Crippen molar-refractivity contribution < 1.29 is 0 Å². The highest BCUT2D eigenvalue weighted by atomic mass is 79.9. The maximum Gasteiger partial charge on any atom is 0.145 e. The first-order chi connectivity index (χ1) is 5.25. The van der Waals surface area contributed by atoms with Gasteiger partial charge in [-0.25, -0.2) is 0 Å². The van der Waals surface area contributed by atoms with Gasteiger partial charge in [0.2, 0.25) is 0 Å². The number of nitrogens with zero attached hydrogens (tertiary/aromatic N) is 2. The number of aromatic nitrogens is 1. The first-order valence-electron chi connectivity index (χ1n) is 3.09. The van der Waals surface area contributed by atoms with Gasteiger partial charge in [-0.1, -0.05) is 0 Å². The van der Waals surface area contributed by atoms with Crippen LogP contribution >= 0.6 is 15.9 Å². The summed E-state index contributed by atoms with van der Waals surface area (Å²) in [6.45, 7) is 0. The number of nitrogens with two attached hydrogens (primary N) is 1. The molecule has 0 aromatic carbocycles. The summed E-state index contributed by atoms with van der Waals surface area (Å²) in [6, 6.07) is 3.71. The summed E-state index contributed by atoms with van der Waals surface area (Å²) in [6.07, 6.45) is 1.68. The van der Waals surface area contributed by atoms with Crippen LogP contribution in [-0.2, 0) is 0 Å². The molecule has 0 bridgehead atoms. The maximum atomic E-state index is 5.55. The zero-order chi connectivity index (χ0) is 8.27. The summed E-state index contributed by atoms with van der Waals surface area (Å²) in [4.78, 5) is 7.87. The van der Waals surface area contributed by atoms with E-state index < -0.39 is 0 Å². The smallest absolute Gasteiger partial charge is 0.145 e. The molecule has 0 aliphatic heterocycles. The van der Waals surface area contributed by atoms with Crippen LogP contribution in [0.15, 0.2) is 27.8 Å². The fourth-order valence-corrected chi connectivity index (χ4v) is 1.14. The Morgan fingerprint density at radius 2 is 2.45 bits per heavy atom. The van der Waals surface area contributed by atoms with Gasteiger partial charge >= 0.3 is 0 Å². The van der Waals surface area contributed by atoms with Crippen molar-refractivity contribution in [3.8, 4) is 0 Å². The van der Waals surface area contributed by atoms with Crippen molar-refractivity contribution in [3.05, 3.63) is 28.5 Å². The summed E-state index contributed by atoms with van der Waals surface area (Å²) in [5, 5.41) is 0. The van der Waals surface area contributed by atoms with Gasteiger partial charge in [-0.2, -0.15) is 0 Å². The van der Waals surface area contributed by atoms with E-state index in [1.54, 1.807) is 13.2 Å². The third-order valence-electron chi connectivity index (χ3n) is 1.24. The minimum Gasteiger partial charge on any atom is -0.382 e. The maximum absolute atomic E-state index is 5.55. The van der Waals surface area contributed by atoms with Gasteiger partial charge in [0.05, 0.1) is 0 Å². The number of rotatable bonds is 1. The van der Waals surface area contributed by atoms with Crippen LogP contribution in [0.3, 0.4) is 0 Å². The Hall–Kier alpha value is -0.900. The molecule has 3 nitrogen and oxygen atoms in total. The molecule has 0 saturated carbocycles. The van der Waals surface area contributed by atoms with Crippen molar-refractivity contribution in [1.29, 1.82) is 0 Å². The molecule has 0 saturated heterocycles. The average molecular weight is 214 g/mol. The number of pyridine rings is 1. The minimum atomic E-state index is 0.442. The van der Waals surface area contributed by atoms with Crippen LogP contribution in [0.25, 0.3) is 0 Å². The number of amidine groups is 1. The molecule has 1 heterocycles. The van der Waals surface area contributed by atoms with Crippen molar-refractivity contribution in [1.82, 2.24) is 4.98 Å². The summed E-state index contributed by atoms with van der Waals surface area (Å²) in [5.41, 5.74) is 6.24. The molecule has 0 spiro atoms. The quantitative estimate of drug-likeness (QED) is 0.563. The highest BCUT2D eigenvalue weighted by Gasteiger charge is 2.02. The Morgan fingerprint density at radius 3 is 3.00 bits per heavy atom. The molecule has 2 N–H and O–H groups in total. The van der Waals surface area contributed by atoms with E-state index >= 15 is 0 Å². The van der Waals surface area contributed by atoms with Gasteiger partial charge < -0.3 is 5.73 Å². The van der Waals surface area contributed by atoms with Crippen LogP contribution in [0, 0.1) is 0 Å². The lowest BCUT2D eigenvalue weighted by Gasteiger charge is -1.99. The molecule has 4 heteroatoms. The van der Waals surface area contributed by atoms with E-state index in [9.17, 15) is 0 Å². The van der Waals surface area contributed by atoms with Crippen LogP contribution in [0.5, 0.6) is 0 Å². The molecule has 0 aliphatic carbocycles. The van der Waals surface area contributed by atoms with Gasteiger partial charge in [0.25, 0.3) is 0 Å². The molecule has 1 aromatic rings. The molecule has 0 radical (unpaired) electrons. The molecule has 0 amide bonds. The van der Waals surface area contributed by atoms with E-state index in [0.717, 1.165) is 4.47 Å². The van der Waals surface area contributed by atoms with E-state index in [4.69, 9.17) is 5.73 Å². The Morgan fingerprint density at radius 1 is 1.73 bits per heavy atom. The predicted molar refractivity (Wildman–Crippen MR) is 48.6 cm³/mol. The normalized spacial score (nSPS) is 11.6. The molecule has 11 heavy (non-hydrogen) atoms. The fraction of sp³-hybridized carbons (Fsp3) is 0.143. The van der Waals surface area contributed by atoms with E-state index in [2.05, 4.69) is 25.9 Å². The molecule has 1 aromatic heterocycles. The number of hydrogen-bond acceptors (Lipinski definition) is 2. The highest BCUT2D eigenvalue weighted by molar-refractivity contribution is 9.10. The largest absolute Gasteiger partial charge is 0.382 e. The molecule has 0 unspecified atom stereocenters. The van der Waals surface area contributed by atoms with E-state index in [1.165, 1.54) is 0 Å². The van der Waals surface area contributed by atoms with Gasteiger partial charge in [-0.15, -0.1) is 0 Å². The van der Waals surface area contributed by atoms with Crippen molar-refractivity contribution in [2.45, 2.75) is 0 Å². The standard InChI is InChI=1S/C7H8BrN3/c1-10-7(9)6-5(8)3-2-4-11-6/h2-4H,1H3,(H2,9,10). The third kappa shape index (κ3) is 1.77. The molecule has 0 atom stereocenters. The lowest BCUT2D eigenvalue weighted by Crippen LogP contribution is -2.15. The lowest BCUT2D eigenvalue weighted by molar-refractivity contribution is 1.24. The minimum absolute atomic E-state index is 0.442. The Labute approximate surface area is 73.5 Å². The summed E-state index contributed by atoms with van der Waals surface area (Å²) < 4.78 is 0.864. The van der Waals surface area contributed by atoms with Crippen LogP contribution < -0.4 is 5.73 Å². The topological polar surface area (TPSA) is 51.3 Å². The second-order valence-corrected chi connectivity index (χ2v) is 2.80. The summed E-state index contributed by atoms with van der Waals surface area (Å²) >= 11 is 3.31. The summed E-state index contributed by atoms with van der Waals surface area (Å²) in [7, 11) is 1.64. The van der Waals surface area contributed by atoms with Crippen molar-refractivity contribution in [2.75, 3.05) is 7.05 Å². The fourth-order valence-electron chi connectivity index (χ4n) is 0.680. The SMILES string of the molecule is CN=C(N)c1ncccc1Br. The van der Waals surface area contributed by atoms with Crippen LogP contribution in [0.2, 0.25) is 0 Å². The van der Waals surface area contributed by atoms with Gasteiger partial charge in [0, 0.05) is 17.7 Å². The highest BCUT2D eigenvalue weighted by Crippen LogP contribution is 2.12. The van der Waals surface area contributed by atoms with E-state index in [0.29, 0.717) is 11.5 Å². The molecule has 0 fully saturated rings. The molecule has 0 aliphatic rings. The monoisotopic (exact) mass is 213 g/mol. The van der Waals surface area contributed by atoms with Crippen molar-refractivity contribution in [3.63, 3.8) is 0 Å². The average Bonchev–Trinajstić information content (AvgIpc) is 2.04. The number of halogens is 1. The lowest BCUT2D eigenvalue weighted by atomic mass is 10.3. The first kappa shape index (κ1) is 8.20. The Bertz CT molecular complexity index is 283. The van der Waals surface area contributed by atoms with Crippen molar-refractivity contribution >= 4 is 21.8 Å². The number of hydrogen-bond donors (Lipinski definition) is 1. The Balaban J connectivity index is 3.14. The first-order valence-corrected chi connectivity index (χ1v) is 3.88. The second-order valence-electron chi connectivity index (χ2n) is 1.94. The zero-order valence-corrected chi connectivity index (χ0v) is 7.67. The van der Waals surface area contributed by atoms with Crippen LogP contribution in [0.1, 0.15) is 5.69 Å². The second kappa shape index (κ2) is 3.48. The number of aliphatic imine (C=N–C) groups is 1. The van der Waals surface area contributed by atoms with Gasteiger partial charge in [0.1, 0.15) is 11.5 Å². The van der Waals surface area contributed by atoms with E-state index in [1.807, 2.05) is 12.1 Å².